The molecule has 0 aromatic carbocycles. The minimum absolute atomic E-state index is 0.0476. The number of carbonyl (C=O) groups excluding carboxylic acids is 5. The van der Waals surface area contributed by atoms with Crippen LogP contribution < -0.4 is 38.9 Å². The van der Waals surface area contributed by atoms with E-state index in [9.17, 15) is 38.7 Å². The fourth-order valence-corrected chi connectivity index (χ4v) is 2.97. The van der Waals surface area contributed by atoms with Crippen molar-refractivity contribution in [2.24, 2.45) is 22.9 Å². The summed E-state index contributed by atoms with van der Waals surface area (Å²) < 4.78 is 0. The van der Waals surface area contributed by atoms with Crippen molar-refractivity contribution in [3.8, 4) is 0 Å². The van der Waals surface area contributed by atoms with Crippen LogP contribution in [0.1, 0.15) is 51.4 Å². The lowest BCUT2D eigenvalue weighted by molar-refractivity contribution is -0.142. The van der Waals surface area contributed by atoms with Gasteiger partial charge in [-0.2, -0.15) is 0 Å². The molecule has 0 spiro atoms. The number of nitrogens with two attached hydrogens (primary N) is 4. The van der Waals surface area contributed by atoms with Crippen molar-refractivity contribution in [1.29, 1.82) is 0 Å². The van der Waals surface area contributed by atoms with E-state index in [1.807, 2.05) is 0 Å². The van der Waals surface area contributed by atoms with Gasteiger partial charge in [0.1, 0.15) is 18.1 Å². The van der Waals surface area contributed by atoms with Gasteiger partial charge in [0.15, 0.2) is 0 Å². The zero-order chi connectivity index (χ0) is 27.8. The Balaban J connectivity index is 5.60. The molecular formula is C20H35N7O9. The molecule has 0 radical (unpaired) electrons. The first kappa shape index (κ1) is 32.2. The van der Waals surface area contributed by atoms with Crippen LogP contribution in [0.4, 0.5) is 0 Å². The molecule has 5 amide bonds. The summed E-state index contributed by atoms with van der Waals surface area (Å²) in [6.07, 6.45) is -1.01. The summed E-state index contributed by atoms with van der Waals surface area (Å²) >= 11 is 0. The maximum atomic E-state index is 12.9. The molecule has 0 heterocycles. The number of primary amides is 2. The Labute approximate surface area is 206 Å². The van der Waals surface area contributed by atoms with E-state index in [1.54, 1.807) is 0 Å². The number of nitrogens with one attached hydrogen (secondary N) is 3. The van der Waals surface area contributed by atoms with Crippen LogP contribution in [0, 0.1) is 0 Å². The van der Waals surface area contributed by atoms with Crippen LogP contribution in [0.15, 0.2) is 0 Å². The molecule has 36 heavy (non-hydrogen) atoms. The summed E-state index contributed by atoms with van der Waals surface area (Å²) in [6, 6.07) is -5.62. The van der Waals surface area contributed by atoms with Gasteiger partial charge < -0.3 is 49.1 Å². The number of amides is 5. The first-order chi connectivity index (χ1) is 16.8. The van der Waals surface area contributed by atoms with Crippen LogP contribution in [0.5, 0.6) is 0 Å². The van der Waals surface area contributed by atoms with Crippen LogP contribution in [0.25, 0.3) is 0 Å². The molecule has 0 rings (SSSR count). The molecule has 204 valence electrons. The van der Waals surface area contributed by atoms with E-state index in [1.165, 1.54) is 0 Å². The van der Waals surface area contributed by atoms with Crippen LogP contribution in [-0.2, 0) is 33.6 Å². The van der Waals surface area contributed by atoms with Gasteiger partial charge in [0.05, 0.1) is 12.5 Å². The average Bonchev–Trinajstić information content (AvgIpc) is 2.77. The van der Waals surface area contributed by atoms with Gasteiger partial charge in [0, 0.05) is 12.8 Å². The SMILES string of the molecule is NCCCCC(NC(=O)C(CCC(N)=O)NC(=O)C(N)CC(=O)O)C(=O)NC(CCC(N)=O)C(=O)O. The minimum Gasteiger partial charge on any atom is -0.481 e. The molecule has 16 nitrogen and oxygen atoms in total. The summed E-state index contributed by atoms with van der Waals surface area (Å²) in [7, 11) is 0. The number of hydrogen-bond acceptors (Lipinski definition) is 9. The summed E-state index contributed by atoms with van der Waals surface area (Å²) in [5.74, 6) is -7.09. The van der Waals surface area contributed by atoms with Crippen molar-refractivity contribution in [2.75, 3.05) is 6.54 Å². The second kappa shape index (κ2) is 16.8. The number of unbranched alkanes of at least 4 members (excludes halogenated alkanes) is 1. The Morgan fingerprint density at radius 2 is 1.11 bits per heavy atom. The van der Waals surface area contributed by atoms with Gasteiger partial charge in [-0.1, -0.05) is 0 Å². The molecule has 0 saturated heterocycles. The van der Waals surface area contributed by atoms with Gasteiger partial charge in [0.2, 0.25) is 29.5 Å². The van der Waals surface area contributed by atoms with Crippen molar-refractivity contribution in [1.82, 2.24) is 16.0 Å². The highest BCUT2D eigenvalue weighted by atomic mass is 16.4. The van der Waals surface area contributed by atoms with Crippen molar-refractivity contribution in [2.45, 2.75) is 75.5 Å². The molecule has 0 aliphatic heterocycles. The first-order valence-corrected chi connectivity index (χ1v) is 11.2. The molecule has 0 aliphatic rings. The third-order valence-corrected chi connectivity index (χ3v) is 4.92. The first-order valence-electron chi connectivity index (χ1n) is 11.2. The predicted octanol–water partition coefficient (Wildman–Crippen LogP) is -4.01. The molecule has 0 aromatic heterocycles. The molecule has 13 N–H and O–H groups in total. The van der Waals surface area contributed by atoms with Crippen LogP contribution in [-0.4, -0.2) is 82.4 Å². The molecule has 4 unspecified atom stereocenters. The summed E-state index contributed by atoms with van der Waals surface area (Å²) in [6.45, 7) is 0.289. The Hall–Kier alpha value is -3.79. The van der Waals surface area contributed by atoms with Crippen molar-refractivity contribution in [3.05, 3.63) is 0 Å². The summed E-state index contributed by atoms with van der Waals surface area (Å²) in [5.41, 5.74) is 21.1. The smallest absolute Gasteiger partial charge is 0.326 e. The van der Waals surface area contributed by atoms with E-state index < -0.39 is 72.1 Å². The second-order valence-electron chi connectivity index (χ2n) is 8.02. The lowest BCUT2D eigenvalue weighted by Gasteiger charge is -2.25. The van der Waals surface area contributed by atoms with Crippen molar-refractivity contribution >= 4 is 41.5 Å². The molecular weight excluding hydrogens is 482 g/mol. The Bertz CT molecular complexity index is 821. The van der Waals surface area contributed by atoms with Crippen LogP contribution in [0.3, 0.4) is 0 Å². The highest BCUT2D eigenvalue weighted by molar-refractivity contribution is 5.95. The number of carbonyl (C=O) groups is 7. The monoisotopic (exact) mass is 517 g/mol. The van der Waals surface area contributed by atoms with E-state index in [4.69, 9.17) is 28.0 Å². The van der Waals surface area contributed by atoms with Gasteiger partial charge in [-0.15, -0.1) is 0 Å². The number of hydrogen-bond donors (Lipinski definition) is 9. The van der Waals surface area contributed by atoms with E-state index >= 15 is 0 Å². The Morgan fingerprint density at radius 1 is 0.667 bits per heavy atom. The molecule has 0 aliphatic carbocycles. The topological polar surface area (TPSA) is 300 Å². The fourth-order valence-electron chi connectivity index (χ4n) is 2.97. The van der Waals surface area contributed by atoms with Gasteiger partial charge in [-0.25, -0.2) is 4.79 Å². The summed E-state index contributed by atoms with van der Waals surface area (Å²) in [5, 5.41) is 25.0. The van der Waals surface area contributed by atoms with E-state index in [-0.39, 0.29) is 38.6 Å². The number of carboxylic acids is 2. The third kappa shape index (κ3) is 13.8. The second-order valence-corrected chi connectivity index (χ2v) is 8.02. The molecule has 0 aromatic rings. The van der Waals surface area contributed by atoms with Gasteiger partial charge in [-0.3, -0.25) is 28.8 Å². The largest absolute Gasteiger partial charge is 0.481 e. The van der Waals surface area contributed by atoms with Gasteiger partial charge in [0.25, 0.3) is 0 Å². The Kier molecular flexibility index (Phi) is 15.0. The normalized spacial score (nSPS) is 13.9. The number of carboxylic acid groups (broad SMARTS) is 2. The molecule has 0 bridgehead atoms. The minimum atomic E-state index is -1.49. The van der Waals surface area contributed by atoms with Crippen LogP contribution in [0.2, 0.25) is 0 Å². The molecule has 0 fully saturated rings. The highest BCUT2D eigenvalue weighted by Gasteiger charge is 2.30. The highest BCUT2D eigenvalue weighted by Crippen LogP contribution is 2.07. The molecule has 4 atom stereocenters. The standard InChI is InChI=1S/C20H35N7O9/c21-8-2-1-3-11(18(33)27-13(20(35)36)5-7-15(24)29)26-19(34)12(4-6-14(23)28)25-17(32)10(22)9-16(30)31/h10-13H,1-9,21-22H2,(H2,23,28)(H2,24,29)(H,25,32)(H,26,34)(H,27,33)(H,30,31)(H,35,36). The Morgan fingerprint density at radius 3 is 1.56 bits per heavy atom. The van der Waals surface area contributed by atoms with Gasteiger partial charge in [-0.05, 0) is 38.6 Å². The average molecular weight is 518 g/mol. The van der Waals surface area contributed by atoms with Gasteiger partial charge >= 0.3 is 11.9 Å². The number of rotatable bonds is 19. The zero-order valence-electron chi connectivity index (χ0n) is 19.7. The van der Waals surface area contributed by atoms with E-state index in [0.29, 0.717) is 12.8 Å². The maximum absolute atomic E-state index is 12.9. The molecule has 0 saturated carbocycles. The lowest BCUT2D eigenvalue weighted by atomic mass is 10.0. The maximum Gasteiger partial charge on any atom is 0.326 e. The van der Waals surface area contributed by atoms with Crippen molar-refractivity contribution < 1.29 is 43.8 Å². The fraction of sp³-hybridized carbons (Fsp3) is 0.650. The van der Waals surface area contributed by atoms with E-state index in [2.05, 4.69) is 16.0 Å². The van der Waals surface area contributed by atoms with Crippen LogP contribution >= 0.6 is 0 Å². The summed E-state index contributed by atoms with van der Waals surface area (Å²) in [4.78, 5) is 82.3. The van der Waals surface area contributed by atoms with E-state index in [0.717, 1.165) is 0 Å². The third-order valence-electron chi connectivity index (χ3n) is 4.92. The quantitative estimate of drug-likeness (QED) is 0.0743. The predicted molar refractivity (Wildman–Crippen MR) is 123 cm³/mol. The van der Waals surface area contributed by atoms with Crippen molar-refractivity contribution in [3.63, 3.8) is 0 Å². The zero-order valence-corrected chi connectivity index (χ0v) is 19.7. The molecule has 16 heteroatoms. The number of aliphatic carboxylic acids is 2. The lowest BCUT2D eigenvalue weighted by Crippen LogP contribution is -2.57.